The van der Waals surface area contributed by atoms with Crippen LogP contribution in [0.4, 0.5) is 5.95 Å². The van der Waals surface area contributed by atoms with Crippen LogP contribution in [0, 0.1) is 0 Å². The molecule has 3 rings (SSSR count). The molecule has 0 amide bonds. The molecule has 19 heavy (non-hydrogen) atoms. The summed E-state index contributed by atoms with van der Waals surface area (Å²) in [7, 11) is 1.57. The van der Waals surface area contributed by atoms with Crippen LogP contribution in [0.25, 0.3) is 0 Å². The van der Waals surface area contributed by atoms with Crippen molar-refractivity contribution < 1.29 is 14.2 Å². The molecule has 0 fully saturated rings. The summed E-state index contributed by atoms with van der Waals surface area (Å²) in [5, 5.41) is 17.1. The number of hydrogen-bond acceptors (Lipinski definition) is 8. The normalized spacial score (nSPS) is 12.9. The summed E-state index contributed by atoms with van der Waals surface area (Å²) < 4.78 is 15.8. The predicted molar refractivity (Wildman–Crippen MR) is 64.5 cm³/mol. The van der Waals surface area contributed by atoms with Gasteiger partial charge in [-0.2, -0.15) is 10.3 Å². The van der Waals surface area contributed by atoms with Gasteiger partial charge < -0.3 is 14.2 Å². The Labute approximate surface area is 107 Å². The van der Waals surface area contributed by atoms with E-state index in [4.69, 9.17) is 14.2 Å². The highest BCUT2D eigenvalue weighted by Gasteiger charge is 2.19. The Balaban J connectivity index is 1.79. The molecule has 1 aliphatic heterocycles. The van der Waals surface area contributed by atoms with Gasteiger partial charge in [0.2, 0.25) is 12.5 Å². The lowest BCUT2D eigenvalue weighted by Crippen LogP contribution is -1.94. The molecule has 0 unspecified atom stereocenters. The van der Waals surface area contributed by atoms with Gasteiger partial charge in [-0.25, -0.2) is 5.43 Å². The lowest BCUT2D eigenvalue weighted by atomic mass is 10.2. The van der Waals surface area contributed by atoms with Crippen molar-refractivity contribution in [1.29, 1.82) is 0 Å². The van der Waals surface area contributed by atoms with Gasteiger partial charge in [0.15, 0.2) is 11.5 Å². The van der Waals surface area contributed by atoms with Gasteiger partial charge in [0.1, 0.15) is 0 Å². The first-order chi connectivity index (χ1) is 9.36. The van der Waals surface area contributed by atoms with Crippen molar-refractivity contribution in [2.45, 2.75) is 0 Å². The number of nitrogens with zero attached hydrogens (tertiary/aromatic N) is 4. The summed E-state index contributed by atoms with van der Waals surface area (Å²) in [4.78, 5) is 0. The molecule has 0 aliphatic carbocycles. The van der Waals surface area contributed by atoms with Crippen molar-refractivity contribution in [3.05, 3.63) is 17.7 Å². The summed E-state index contributed by atoms with van der Waals surface area (Å²) in [6.07, 6.45) is 1.58. The number of tetrazole rings is 1. The maximum Gasteiger partial charge on any atom is 0.283 e. The summed E-state index contributed by atoms with van der Waals surface area (Å²) >= 11 is 0. The number of aromatic amines is 1. The van der Waals surface area contributed by atoms with Crippen molar-refractivity contribution in [3.63, 3.8) is 0 Å². The number of anilines is 1. The topological polar surface area (TPSA) is 107 Å². The number of methoxy groups -OCH3 is 1. The predicted octanol–water partition coefficient (Wildman–Crippen LogP) is 0.383. The van der Waals surface area contributed by atoms with Crippen LogP contribution in [0.5, 0.6) is 17.2 Å². The molecular formula is C10H10N6O3. The minimum Gasteiger partial charge on any atom is -0.493 e. The Kier molecular flexibility index (Phi) is 2.85. The second kappa shape index (κ2) is 4.80. The Bertz CT molecular complexity index is 598. The van der Waals surface area contributed by atoms with E-state index in [0.29, 0.717) is 17.2 Å². The minimum atomic E-state index is 0.188. The molecule has 1 aromatic carbocycles. The molecule has 0 saturated carbocycles. The molecule has 1 aromatic heterocycles. The minimum absolute atomic E-state index is 0.188. The van der Waals surface area contributed by atoms with Crippen molar-refractivity contribution in [1.82, 2.24) is 20.6 Å². The zero-order valence-corrected chi connectivity index (χ0v) is 9.95. The molecule has 0 atom stereocenters. The molecule has 1 aliphatic rings. The number of hydrogen-bond donors (Lipinski definition) is 2. The smallest absolute Gasteiger partial charge is 0.283 e. The summed E-state index contributed by atoms with van der Waals surface area (Å²) in [5.41, 5.74) is 3.41. The average molecular weight is 262 g/mol. The molecule has 0 radical (unpaired) electrons. The number of aromatic nitrogens is 4. The fourth-order valence-corrected chi connectivity index (χ4v) is 1.60. The van der Waals surface area contributed by atoms with Gasteiger partial charge in [-0.3, -0.25) is 0 Å². The zero-order valence-electron chi connectivity index (χ0n) is 9.95. The Hall–Kier alpha value is -2.84. The van der Waals surface area contributed by atoms with Gasteiger partial charge in [-0.1, -0.05) is 5.10 Å². The molecule has 2 aromatic rings. The second-order valence-electron chi connectivity index (χ2n) is 3.56. The van der Waals surface area contributed by atoms with Crippen LogP contribution in [-0.2, 0) is 0 Å². The molecule has 98 valence electrons. The number of rotatable bonds is 4. The van der Waals surface area contributed by atoms with E-state index in [-0.39, 0.29) is 12.7 Å². The Morgan fingerprint density at radius 1 is 1.47 bits per heavy atom. The van der Waals surface area contributed by atoms with Crippen LogP contribution in [0.2, 0.25) is 0 Å². The third kappa shape index (κ3) is 2.25. The molecule has 9 heteroatoms. The van der Waals surface area contributed by atoms with Gasteiger partial charge in [-0.15, -0.1) is 5.10 Å². The highest BCUT2D eigenvalue weighted by Crippen LogP contribution is 2.41. The summed E-state index contributed by atoms with van der Waals surface area (Å²) in [6, 6.07) is 3.58. The van der Waals surface area contributed by atoms with Crippen LogP contribution in [0.1, 0.15) is 5.56 Å². The molecule has 0 bridgehead atoms. The van der Waals surface area contributed by atoms with E-state index in [0.717, 1.165) is 5.56 Å². The lowest BCUT2D eigenvalue weighted by molar-refractivity contribution is 0.171. The standard InChI is InChI=1S/C10H10N6O3/c1-17-7-2-6(3-8-9(7)19-5-18-8)4-11-12-10-13-15-16-14-10/h2-4H,5H2,1H3,(H2,12,13,14,15,16). The quantitative estimate of drug-likeness (QED) is 0.606. The Morgan fingerprint density at radius 3 is 3.21 bits per heavy atom. The maximum atomic E-state index is 5.31. The monoisotopic (exact) mass is 262 g/mol. The summed E-state index contributed by atoms with van der Waals surface area (Å²) in [5.74, 6) is 2.10. The number of H-pyrrole nitrogens is 1. The van der Waals surface area contributed by atoms with Gasteiger partial charge in [0, 0.05) is 5.56 Å². The third-order valence-electron chi connectivity index (χ3n) is 2.40. The Morgan fingerprint density at radius 2 is 2.42 bits per heavy atom. The maximum absolute atomic E-state index is 5.31. The fourth-order valence-electron chi connectivity index (χ4n) is 1.60. The number of ether oxygens (including phenoxy) is 3. The number of hydrazone groups is 1. The van der Waals surface area contributed by atoms with Crippen LogP contribution in [0.15, 0.2) is 17.2 Å². The van der Waals surface area contributed by atoms with E-state index in [1.165, 1.54) is 0 Å². The fraction of sp³-hybridized carbons (Fsp3) is 0.200. The van der Waals surface area contributed by atoms with Gasteiger partial charge in [-0.05, 0) is 17.3 Å². The first kappa shape index (κ1) is 11.3. The van der Waals surface area contributed by atoms with E-state index in [2.05, 4.69) is 31.2 Å². The van der Waals surface area contributed by atoms with Crippen LogP contribution < -0.4 is 19.6 Å². The molecule has 9 nitrogen and oxygen atoms in total. The molecule has 2 N–H and O–H groups in total. The number of fused-ring (bicyclic) bond motifs is 1. The zero-order chi connectivity index (χ0) is 13.1. The van der Waals surface area contributed by atoms with Gasteiger partial charge >= 0.3 is 0 Å². The van der Waals surface area contributed by atoms with Crippen molar-refractivity contribution in [2.75, 3.05) is 19.3 Å². The van der Waals surface area contributed by atoms with Crippen LogP contribution >= 0.6 is 0 Å². The first-order valence-electron chi connectivity index (χ1n) is 5.37. The van der Waals surface area contributed by atoms with E-state index < -0.39 is 0 Å². The molecule has 0 spiro atoms. The van der Waals surface area contributed by atoms with E-state index in [1.807, 2.05) is 0 Å². The van der Waals surface area contributed by atoms with Gasteiger partial charge in [0.05, 0.1) is 13.3 Å². The second-order valence-corrected chi connectivity index (χ2v) is 3.56. The molecule has 2 heterocycles. The van der Waals surface area contributed by atoms with Gasteiger partial charge in [0.25, 0.3) is 5.95 Å². The highest BCUT2D eigenvalue weighted by atomic mass is 16.7. The number of nitrogens with one attached hydrogen (secondary N) is 2. The summed E-state index contributed by atoms with van der Waals surface area (Å²) in [6.45, 7) is 0.188. The van der Waals surface area contributed by atoms with E-state index in [9.17, 15) is 0 Å². The van der Waals surface area contributed by atoms with E-state index in [1.54, 1.807) is 25.5 Å². The molecule has 0 saturated heterocycles. The number of benzene rings is 1. The molecular weight excluding hydrogens is 252 g/mol. The highest BCUT2D eigenvalue weighted by molar-refractivity contribution is 5.83. The van der Waals surface area contributed by atoms with Crippen molar-refractivity contribution >= 4 is 12.2 Å². The van der Waals surface area contributed by atoms with Crippen molar-refractivity contribution in [2.24, 2.45) is 5.10 Å². The third-order valence-corrected chi connectivity index (χ3v) is 2.40. The van der Waals surface area contributed by atoms with Crippen LogP contribution in [0.3, 0.4) is 0 Å². The van der Waals surface area contributed by atoms with E-state index >= 15 is 0 Å². The van der Waals surface area contributed by atoms with Crippen molar-refractivity contribution in [3.8, 4) is 17.2 Å². The largest absolute Gasteiger partial charge is 0.493 e. The average Bonchev–Trinajstić information content (AvgIpc) is 3.08. The SMILES string of the molecule is COc1cc(C=NNc2nn[nH]n2)cc2c1OCO2. The first-order valence-corrected chi connectivity index (χ1v) is 5.37. The lowest BCUT2D eigenvalue weighted by Gasteiger charge is -2.05. The van der Waals surface area contributed by atoms with Crippen LogP contribution in [-0.4, -0.2) is 40.7 Å².